The fourth-order valence-electron chi connectivity index (χ4n) is 3.05. The predicted molar refractivity (Wildman–Crippen MR) is 87.4 cm³/mol. The van der Waals surface area contributed by atoms with E-state index in [1.165, 1.54) is 5.56 Å². The van der Waals surface area contributed by atoms with Crippen LogP contribution < -0.4 is 4.74 Å². The van der Waals surface area contributed by atoms with Crippen LogP contribution in [0.1, 0.15) is 52.0 Å². The van der Waals surface area contributed by atoms with Gasteiger partial charge < -0.3 is 14.4 Å². The molecule has 1 fully saturated rings. The van der Waals surface area contributed by atoms with Crippen molar-refractivity contribution in [3.05, 3.63) is 29.8 Å². The molecule has 1 aliphatic heterocycles. The molecule has 0 radical (unpaired) electrons. The zero-order chi connectivity index (χ0) is 16.3. The fourth-order valence-corrected chi connectivity index (χ4v) is 3.05. The first-order valence-electron chi connectivity index (χ1n) is 7.94. The van der Waals surface area contributed by atoms with Crippen LogP contribution in [0.5, 0.6) is 5.75 Å². The Labute approximate surface area is 133 Å². The predicted octanol–water partition coefficient (Wildman–Crippen LogP) is 4.20. The van der Waals surface area contributed by atoms with Crippen molar-refractivity contribution < 1.29 is 14.3 Å². The molecule has 22 heavy (non-hydrogen) atoms. The molecular formula is C18H27NO3. The maximum Gasteiger partial charge on any atom is 0.410 e. The molecule has 4 heteroatoms. The van der Waals surface area contributed by atoms with Gasteiger partial charge in [-0.1, -0.05) is 18.2 Å². The molecule has 2 rings (SSSR count). The number of rotatable bonds is 2. The molecule has 2 unspecified atom stereocenters. The number of amides is 1. The summed E-state index contributed by atoms with van der Waals surface area (Å²) in [4.78, 5) is 14.1. The van der Waals surface area contributed by atoms with Gasteiger partial charge >= 0.3 is 6.09 Å². The Morgan fingerprint density at radius 2 is 1.95 bits per heavy atom. The Bertz CT molecular complexity index is 521. The topological polar surface area (TPSA) is 38.8 Å². The van der Waals surface area contributed by atoms with Gasteiger partial charge in [-0.25, -0.2) is 4.79 Å². The highest BCUT2D eigenvalue weighted by molar-refractivity contribution is 5.68. The highest BCUT2D eigenvalue weighted by atomic mass is 16.6. The van der Waals surface area contributed by atoms with Crippen LogP contribution in [0.15, 0.2) is 24.3 Å². The van der Waals surface area contributed by atoms with Gasteiger partial charge in [0, 0.05) is 12.6 Å². The third-order valence-electron chi connectivity index (χ3n) is 4.08. The maximum absolute atomic E-state index is 12.3. The number of hydrogen-bond acceptors (Lipinski definition) is 3. The lowest BCUT2D eigenvalue weighted by molar-refractivity contribution is 0.0103. The highest BCUT2D eigenvalue weighted by Crippen LogP contribution is 2.36. The standard InChI is InChI=1S/C18H27NO3/c1-13-12-14(15-8-6-7-9-16(15)21-5)10-11-19(13)17(20)22-18(2,3)4/h6-9,13-14H,10-12H2,1-5H3. The highest BCUT2D eigenvalue weighted by Gasteiger charge is 2.33. The monoisotopic (exact) mass is 305 g/mol. The molecule has 1 aliphatic rings. The van der Waals surface area contributed by atoms with E-state index in [0.717, 1.165) is 25.1 Å². The summed E-state index contributed by atoms with van der Waals surface area (Å²) in [6.07, 6.45) is 1.65. The van der Waals surface area contributed by atoms with Gasteiger partial charge in [-0.2, -0.15) is 0 Å². The molecule has 1 amide bonds. The molecule has 1 heterocycles. The van der Waals surface area contributed by atoms with Crippen LogP contribution in [0.25, 0.3) is 0 Å². The van der Waals surface area contributed by atoms with Crippen molar-refractivity contribution in [2.24, 2.45) is 0 Å². The minimum Gasteiger partial charge on any atom is -0.496 e. The minimum atomic E-state index is -0.448. The largest absolute Gasteiger partial charge is 0.496 e. The average molecular weight is 305 g/mol. The second-order valence-electron chi connectivity index (χ2n) is 6.99. The van der Waals surface area contributed by atoms with Gasteiger partial charge in [0.1, 0.15) is 11.4 Å². The second-order valence-corrected chi connectivity index (χ2v) is 6.99. The van der Waals surface area contributed by atoms with Gasteiger partial charge in [0.15, 0.2) is 0 Å². The molecule has 0 bridgehead atoms. The quantitative estimate of drug-likeness (QED) is 0.822. The van der Waals surface area contributed by atoms with Crippen molar-refractivity contribution in [2.75, 3.05) is 13.7 Å². The number of carbonyl (C=O) groups is 1. The summed E-state index contributed by atoms with van der Waals surface area (Å²) in [5, 5.41) is 0. The number of carbonyl (C=O) groups excluding carboxylic acids is 1. The first-order chi connectivity index (χ1) is 10.3. The van der Waals surface area contributed by atoms with Crippen molar-refractivity contribution in [3.63, 3.8) is 0 Å². The van der Waals surface area contributed by atoms with E-state index in [4.69, 9.17) is 9.47 Å². The van der Waals surface area contributed by atoms with Gasteiger partial charge in [-0.3, -0.25) is 0 Å². The smallest absolute Gasteiger partial charge is 0.410 e. The van der Waals surface area contributed by atoms with Gasteiger partial charge in [-0.05, 0) is 58.1 Å². The van der Waals surface area contributed by atoms with Crippen molar-refractivity contribution in [3.8, 4) is 5.75 Å². The lowest BCUT2D eigenvalue weighted by Gasteiger charge is -2.38. The van der Waals surface area contributed by atoms with Gasteiger partial charge in [0.2, 0.25) is 0 Å². The van der Waals surface area contributed by atoms with Crippen molar-refractivity contribution in [1.29, 1.82) is 0 Å². The third kappa shape index (κ3) is 3.93. The van der Waals surface area contributed by atoms with E-state index in [1.54, 1.807) is 7.11 Å². The second kappa shape index (κ2) is 6.59. The number of likely N-dealkylation sites (tertiary alicyclic amines) is 1. The molecule has 1 saturated heterocycles. The van der Waals surface area contributed by atoms with Crippen molar-refractivity contribution >= 4 is 6.09 Å². The van der Waals surface area contributed by atoms with Gasteiger partial charge in [0.25, 0.3) is 0 Å². The van der Waals surface area contributed by atoms with Gasteiger partial charge in [0.05, 0.1) is 7.11 Å². The SMILES string of the molecule is COc1ccccc1C1CCN(C(=O)OC(C)(C)C)C(C)C1. The molecule has 0 aromatic heterocycles. The average Bonchev–Trinajstić information content (AvgIpc) is 2.45. The summed E-state index contributed by atoms with van der Waals surface area (Å²) >= 11 is 0. The zero-order valence-electron chi connectivity index (χ0n) is 14.3. The first kappa shape index (κ1) is 16.7. The molecule has 1 aromatic rings. The molecule has 0 N–H and O–H groups in total. The maximum atomic E-state index is 12.3. The Morgan fingerprint density at radius 3 is 2.55 bits per heavy atom. The molecule has 0 saturated carbocycles. The molecule has 2 atom stereocenters. The van der Waals surface area contributed by atoms with Gasteiger partial charge in [-0.15, -0.1) is 0 Å². The zero-order valence-corrected chi connectivity index (χ0v) is 14.3. The number of ether oxygens (including phenoxy) is 2. The lowest BCUT2D eigenvalue weighted by Crippen LogP contribution is -2.46. The Morgan fingerprint density at radius 1 is 1.27 bits per heavy atom. The van der Waals surface area contributed by atoms with Crippen LogP contribution in [0, 0.1) is 0 Å². The summed E-state index contributed by atoms with van der Waals surface area (Å²) < 4.78 is 11.0. The van der Waals surface area contributed by atoms with Crippen LogP contribution >= 0.6 is 0 Å². The Hall–Kier alpha value is -1.71. The Kier molecular flexibility index (Phi) is 4.99. The molecule has 1 aromatic carbocycles. The number of benzene rings is 1. The van der Waals surface area contributed by atoms with Crippen LogP contribution in [0.4, 0.5) is 4.79 Å². The first-order valence-corrected chi connectivity index (χ1v) is 7.94. The molecule has 122 valence electrons. The molecular weight excluding hydrogens is 278 g/mol. The van der Waals surface area contributed by atoms with Crippen LogP contribution in [-0.4, -0.2) is 36.3 Å². The molecule has 0 aliphatic carbocycles. The number of methoxy groups -OCH3 is 1. The summed E-state index contributed by atoms with van der Waals surface area (Å²) in [5.41, 5.74) is 0.789. The van der Waals surface area contributed by atoms with E-state index in [-0.39, 0.29) is 12.1 Å². The van der Waals surface area contributed by atoms with Crippen LogP contribution in [0.2, 0.25) is 0 Å². The number of piperidine rings is 1. The summed E-state index contributed by atoms with van der Waals surface area (Å²) in [6, 6.07) is 8.32. The van der Waals surface area contributed by atoms with Crippen LogP contribution in [0.3, 0.4) is 0 Å². The fraction of sp³-hybridized carbons (Fsp3) is 0.611. The van der Waals surface area contributed by atoms with E-state index < -0.39 is 5.60 Å². The van der Waals surface area contributed by atoms with E-state index in [0.29, 0.717) is 5.92 Å². The normalized spacial score (nSPS) is 22.3. The van der Waals surface area contributed by atoms with Crippen molar-refractivity contribution in [2.45, 2.75) is 58.1 Å². The van der Waals surface area contributed by atoms with E-state index >= 15 is 0 Å². The van der Waals surface area contributed by atoms with E-state index in [1.807, 2.05) is 43.9 Å². The minimum absolute atomic E-state index is 0.165. The lowest BCUT2D eigenvalue weighted by atomic mass is 9.85. The number of para-hydroxylation sites is 1. The Balaban J connectivity index is 2.05. The molecule has 0 spiro atoms. The summed E-state index contributed by atoms with van der Waals surface area (Å²) in [7, 11) is 1.71. The third-order valence-corrected chi connectivity index (χ3v) is 4.08. The summed E-state index contributed by atoms with van der Waals surface area (Å²) in [5.74, 6) is 1.36. The number of hydrogen-bond donors (Lipinski definition) is 0. The summed E-state index contributed by atoms with van der Waals surface area (Å²) in [6.45, 7) is 8.51. The van der Waals surface area contributed by atoms with Crippen LogP contribution in [-0.2, 0) is 4.74 Å². The van der Waals surface area contributed by atoms with E-state index in [2.05, 4.69) is 13.0 Å². The molecule has 4 nitrogen and oxygen atoms in total. The van der Waals surface area contributed by atoms with Crippen molar-refractivity contribution in [1.82, 2.24) is 4.90 Å². The number of nitrogens with zero attached hydrogens (tertiary/aromatic N) is 1. The van der Waals surface area contributed by atoms with E-state index in [9.17, 15) is 4.79 Å².